The molecule has 0 spiro atoms. The van der Waals surface area contributed by atoms with Crippen molar-refractivity contribution in [3.63, 3.8) is 0 Å². The van der Waals surface area contributed by atoms with Crippen molar-refractivity contribution in [3.8, 4) is 11.8 Å². The van der Waals surface area contributed by atoms with E-state index in [-0.39, 0.29) is 33.7 Å². The monoisotopic (exact) mass is 441 g/mol. The summed E-state index contributed by atoms with van der Waals surface area (Å²) in [4.78, 5) is 7.68. The first kappa shape index (κ1) is 21.5. The van der Waals surface area contributed by atoms with Crippen molar-refractivity contribution in [2.75, 3.05) is 4.72 Å². The van der Waals surface area contributed by atoms with Gasteiger partial charge in [0.25, 0.3) is 10.0 Å². The molecule has 0 atom stereocenters. The van der Waals surface area contributed by atoms with Crippen LogP contribution < -0.4 is 9.46 Å². The van der Waals surface area contributed by atoms with E-state index in [1.54, 1.807) is 6.07 Å². The Morgan fingerprint density at radius 3 is 2.03 bits per heavy atom. The van der Waals surface area contributed by atoms with Gasteiger partial charge in [-0.1, -0.05) is 12.1 Å². The molecular formula is C19H15F4N3O3S. The minimum absolute atomic E-state index is 0.0378. The highest BCUT2D eigenvalue weighted by atomic mass is 32.2. The summed E-state index contributed by atoms with van der Waals surface area (Å²) in [6.45, 7) is 2.96. The largest absolute Gasteiger partial charge is 0.421 e. The summed E-state index contributed by atoms with van der Waals surface area (Å²) < 4.78 is 84.4. The van der Waals surface area contributed by atoms with E-state index in [0.717, 1.165) is 12.1 Å². The van der Waals surface area contributed by atoms with E-state index in [1.807, 2.05) is 0 Å². The smallest absolute Gasteiger partial charge is 0.416 e. The number of ether oxygens (including phenoxy) is 1. The molecule has 30 heavy (non-hydrogen) atoms. The fraction of sp³-hybridized carbons (Fsp3) is 0.158. The summed E-state index contributed by atoms with van der Waals surface area (Å²) in [5.74, 6) is -0.724. The first-order valence-electron chi connectivity index (χ1n) is 8.45. The van der Waals surface area contributed by atoms with Gasteiger partial charge in [0.1, 0.15) is 0 Å². The molecule has 0 unspecified atom stereocenters. The highest BCUT2D eigenvalue weighted by Crippen LogP contribution is 2.31. The molecule has 0 fully saturated rings. The van der Waals surface area contributed by atoms with Crippen molar-refractivity contribution in [3.05, 3.63) is 71.3 Å². The van der Waals surface area contributed by atoms with Crippen LogP contribution in [0, 0.1) is 19.7 Å². The standard InChI is InChI=1S/C19H15F4N3O3S/c1-11-17(12(2)25-18(24-11)29-16-6-4-3-5-15(16)20)26-30(27,28)14-9-7-13(8-10-14)19(21,22)23/h3-10,26H,1-2H3. The van der Waals surface area contributed by atoms with E-state index in [2.05, 4.69) is 14.7 Å². The molecule has 0 aliphatic heterocycles. The third-order valence-electron chi connectivity index (χ3n) is 4.02. The second kappa shape index (κ2) is 7.90. The predicted octanol–water partition coefficient (Wildman–Crippen LogP) is 4.84. The van der Waals surface area contributed by atoms with Gasteiger partial charge in [-0.15, -0.1) is 0 Å². The SMILES string of the molecule is Cc1nc(Oc2ccccc2F)nc(C)c1NS(=O)(=O)c1ccc(C(F)(F)F)cc1. The number of anilines is 1. The summed E-state index contributed by atoms with van der Waals surface area (Å²) in [7, 11) is -4.20. The molecule has 1 aromatic heterocycles. The van der Waals surface area contributed by atoms with Crippen molar-refractivity contribution < 1.29 is 30.7 Å². The number of hydrogen-bond acceptors (Lipinski definition) is 5. The Morgan fingerprint density at radius 2 is 1.50 bits per heavy atom. The van der Waals surface area contributed by atoms with Gasteiger partial charge in [0.05, 0.1) is 27.5 Å². The summed E-state index contributed by atoms with van der Waals surface area (Å²) >= 11 is 0. The Balaban J connectivity index is 1.86. The molecule has 0 saturated carbocycles. The van der Waals surface area contributed by atoms with E-state index in [1.165, 1.54) is 32.0 Å². The van der Waals surface area contributed by atoms with Gasteiger partial charge in [-0.2, -0.15) is 23.1 Å². The first-order chi connectivity index (χ1) is 14.0. The molecule has 0 bridgehead atoms. The Bertz CT molecular complexity index is 1160. The number of aryl methyl sites for hydroxylation is 2. The second-order valence-corrected chi connectivity index (χ2v) is 7.89. The highest BCUT2D eigenvalue weighted by Gasteiger charge is 2.30. The van der Waals surface area contributed by atoms with Gasteiger partial charge in [0.2, 0.25) is 0 Å². The maximum absolute atomic E-state index is 13.7. The molecule has 158 valence electrons. The second-order valence-electron chi connectivity index (χ2n) is 6.21. The van der Waals surface area contributed by atoms with E-state index < -0.39 is 27.6 Å². The van der Waals surface area contributed by atoms with E-state index in [4.69, 9.17) is 4.74 Å². The highest BCUT2D eigenvalue weighted by molar-refractivity contribution is 7.92. The summed E-state index contributed by atoms with van der Waals surface area (Å²) in [6.07, 6.45) is -4.58. The number of rotatable bonds is 5. The minimum Gasteiger partial charge on any atom is -0.421 e. The lowest BCUT2D eigenvalue weighted by atomic mass is 10.2. The number of para-hydroxylation sites is 1. The van der Waals surface area contributed by atoms with E-state index >= 15 is 0 Å². The molecule has 1 N–H and O–H groups in total. The quantitative estimate of drug-likeness (QED) is 0.573. The molecule has 6 nitrogen and oxygen atoms in total. The van der Waals surface area contributed by atoms with Gasteiger partial charge in [-0.3, -0.25) is 4.72 Å². The Morgan fingerprint density at radius 1 is 0.933 bits per heavy atom. The van der Waals surface area contributed by atoms with Crippen LogP contribution in [0.3, 0.4) is 0 Å². The van der Waals surface area contributed by atoms with Gasteiger partial charge in [-0.05, 0) is 50.2 Å². The number of aromatic nitrogens is 2. The summed E-state index contributed by atoms with van der Waals surface area (Å²) in [5.41, 5.74) is -0.559. The molecule has 0 aliphatic carbocycles. The van der Waals surface area contributed by atoms with Crippen LogP contribution in [0.4, 0.5) is 23.2 Å². The number of nitrogens with zero attached hydrogens (tertiary/aromatic N) is 2. The predicted molar refractivity (Wildman–Crippen MR) is 100 cm³/mol. The maximum atomic E-state index is 13.7. The summed E-state index contributed by atoms with van der Waals surface area (Å²) in [6, 6.07) is 8.49. The third-order valence-corrected chi connectivity index (χ3v) is 5.38. The number of alkyl halides is 3. The Hall–Kier alpha value is -3.21. The van der Waals surface area contributed by atoms with Crippen LogP contribution in [0.2, 0.25) is 0 Å². The fourth-order valence-corrected chi connectivity index (χ4v) is 3.70. The van der Waals surface area contributed by atoms with Gasteiger partial charge in [-0.25, -0.2) is 12.8 Å². The molecule has 11 heteroatoms. The fourth-order valence-electron chi connectivity index (χ4n) is 2.52. The number of benzene rings is 2. The third kappa shape index (κ3) is 4.67. The molecule has 0 amide bonds. The van der Waals surface area contributed by atoms with Crippen molar-refractivity contribution in [2.24, 2.45) is 0 Å². The normalized spacial score (nSPS) is 11.9. The average Bonchev–Trinajstić information content (AvgIpc) is 2.66. The van der Waals surface area contributed by atoms with Crippen molar-refractivity contribution in [1.82, 2.24) is 9.97 Å². The molecule has 3 aromatic rings. The van der Waals surface area contributed by atoms with Gasteiger partial charge < -0.3 is 4.74 Å². The van der Waals surface area contributed by atoms with Gasteiger partial charge >= 0.3 is 12.2 Å². The number of hydrogen-bond donors (Lipinski definition) is 1. The zero-order valence-electron chi connectivity index (χ0n) is 15.7. The van der Waals surface area contributed by atoms with Crippen LogP contribution in [0.25, 0.3) is 0 Å². The molecule has 1 heterocycles. The van der Waals surface area contributed by atoms with Crippen LogP contribution >= 0.6 is 0 Å². The molecule has 3 rings (SSSR count). The lowest BCUT2D eigenvalue weighted by Crippen LogP contribution is -2.16. The van der Waals surface area contributed by atoms with E-state index in [9.17, 15) is 26.0 Å². The molecule has 0 aliphatic rings. The lowest BCUT2D eigenvalue weighted by Gasteiger charge is -2.14. The van der Waals surface area contributed by atoms with Crippen LogP contribution in [-0.4, -0.2) is 18.4 Å². The number of nitrogens with one attached hydrogen (secondary N) is 1. The zero-order valence-corrected chi connectivity index (χ0v) is 16.5. The van der Waals surface area contributed by atoms with E-state index in [0.29, 0.717) is 12.1 Å². The zero-order chi connectivity index (χ0) is 22.1. The van der Waals surface area contributed by atoms with Crippen molar-refractivity contribution in [1.29, 1.82) is 0 Å². The molecular weight excluding hydrogens is 426 g/mol. The van der Waals surface area contributed by atoms with Gasteiger partial charge in [0, 0.05) is 0 Å². The maximum Gasteiger partial charge on any atom is 0.416 e. The lowest BCUT2D eigenvalue weighted by molar-refractivity contribution is -0.137. The Labute approximate surface area is 169 Å². The summed E-state index contributed by atoms with van der Waals surface area (Å²) in [5, 5.41) is 0. The van der Waals surface area contributed by atoms with Crippen LogP contribution in [0.5, 0.6) is 11.8 Å². The van der Waals surface area contributed by atoms with Crippen LogP contribution in [-0.2, 0) is 16.2 Å². The number of sulfonamides is 1. The van der Waals surface area contributed by atoms with Crippen molar-refractivity contribution in [2.45, 2.75) is 24.9 Å². The van der Waals surface area contributed by atoms with Crippen LogP contribution in [0.1, 0.15) is 17.0 Å². The topological polar surface area (TPSA) is 81.2 Å². The minimum atomic E-state index is -4.58. The average molecular weight is 441 g/mol. The van der Waals surface area contributed by atoms with Crippen LogP contribution in [0.15, 0.2) is 53.4 Å². The molecule has 2 aromatic carbocycles. The first-order valence-corrected chi connectivity index (χ1v) is 9.93. The number of halogens is 4. The molecule has 0 radical (unpaired) electrons. The van der Waals surface area contributed by atoms with Gasteiger partial charge in [0.15, 0.2) is 11.6 Å². The molecule has 0 saturated heterocycles. The Kier molecular flexibility index (Phi) is 5.66. The van der Waals surface area contributed by atoms with Crippen molar-refractivity contribution >= 4 is 15.7 Å².